The number of fused-ring (bicyclic) bond motifs is 1. The summed E-state index contributed by atoms with van der Waals surface area (Å²) in [6.07, 6.45) is -0.107. The van der Waals surface area contributed by atoms with Crippen LogP contribution in [-0.4, -0.2) is 51.7 Å². The van der Waals surface area contributed by atoms with E-state index in [2.05, 4.69) is 5.32 Å². The standard InChI is InChI=1S/C15H18N2O4/c18-11-6-13(15(20)21)17(8-11)14(19)12-5-9-3-1-2-4-10(9)7-16-12/h1-4,11-13,16,18H,5-8H2,(H,20,21)/t11-,12+,13+/m1/s1. The van der Waals surface area contributed by atoms with Crippen molar-refractivity contribution in [1.29, 1.82) is 0 Å². The van der Waals surface area contributed by atoms with Crippen LogP contribution < -0.4 is 5.32 Å². The molecule has 0 aromatic heterocycles. The van der Waals surface area contributed by atoms with Gasteiger partial charge in [0, 0.05) is 19.5 Å². The van der Waals surface area contributed by atoms with Crippen LogP contribution in [0, 0.1) is 0 Å². The number of carboxylic acids is 1. The Labute approximate surface area is 122 Å². The Hall–Kier alpha value is -1.92. The van der Waals surface area contributed by atoms with Gasteiger partial charge in [-0.3, -0.25) is 4.79 Å². The van der Waals surface area contributed by atoms with E-state index in [1.165, 1.54) is 4.90 Å². The van der Waals surface area contributed by atoms with E-state index in [0.29, 0.717) is 13.0 Å². The molecule has 0 saturated carbocycles. The largest absolute Gasteiger partial charge is 0.480 e. The van der Waals surface area contributed by atoms with Crippen molar-refractivity contribution >= 4 is 11.9 Å². The maximum atomic E-state index is 12.6. The molecule has 6 nitrogen and oxygen atoms in total. The fourth-order valence-electron chi connectivity index (χ4n) is 3.12. The van der Waals surface area contributed by atoms with Crippen molar-refractivity contribution < 1.29 is 19.8 Å². The first-order valence-electron chi connectivity index (χ1n) is 7.08. The number of aliphatic carboxylic acids is 1. The minimum absolute atomic E-state index is 0.0929. The summed E-state index contributed by atoms with van der Waals surface area (Å²) in [5, 5.41) is 22.0. The summed E-state index contributed by atoms with van der Waals surface area (Å²) in [5.74, 6) is -1.30. The summed E-state index contributed by atoms with van der Waals surface area (Å²) in [7, 11) is 0. The van der Waals surface area contributed by atoms with Gasteiger partial charge in [0.2, 0.25) is 5.91 Å². The zero-order valence-electron chi connectivity index (χ0n) is 11.5. The van der Waals surface area contributed by atoms with E-state index in [1.54, 1.807) is 0 Å². The molecule has 0 unspecified atom stereocenters. The van der Waals surface area contributed by atoms with Gasteiger partial charge >= 0.3 is 5.97 Å². The molecular formula is C15H18N2O4. The van der Waals surface area contributed by atoms with Gasteiger partial charge in [-0.25, -0.2) is 4.79 Å². The fourth-order valence-corrected chi connectivity index (χ4v) is 3.12. The molecule has 3 N–H and O–H groups in total. The average molecular weight is 290 g/mol. The Kier molecular flexibility index (Phi) is 3.65. The maximum absolute atomic E-state index is 12.6. The Balaban J connectivity index is 1.76. The van der Waals surface area contributed by atoms with Gasteiger partial charge in [0.15, 0.2) is 0 Å². The van der Waals surface area contributed by atoms with Crippen molar-refractivity contribution in [3.8, 4) is 0 Å². The zero-order chi connectivity index (χ0) is 15.0. The van der Waals surface area contributed by atoms with E-state index in [4.69, 9.17) is 0 Å². The number of aliphatic hydroxyl groups excluding tert-OH is 1. The molecule has 6 heteroatoms. The first-order chi connectivity index (χ1) is 10.1. The quantitative estimate of drug-likeness (QED) is 0.699. The summed E-state index contributed by atoms with van der Waals surface area (Å²) in [4.78, 5) is 25.1. The minimum atomic E-state index is -1.06. The van der Waals surface area contributed by atoms with Crippen LogP contribution in [0.15, 0.2) is 24.3 Å². The number of nitrogens with one attached hydrogen (secondary N) is 1. The van der Waals surface area contributed by atoms with Crippen molar-refractivity contribution in [2.45, 2.75) is 37.6 Å². The van der Waals surface area contributed by atoms with Gasteiger partial charge < -0.3 is 20.4 Å². The second-order valence-electron chi connectivity index (χ2n) is 5.64. The third-order valence-electron chi connectivity index (χ3n) is 4.23. The Bertz CT molecular complexity index is 575. The minimum Gasteiger partial charge on any atom is -0.480 e. The highest BCUT2D eigenvalue weighted by Gasteiger charge is 2.41. The number of carbonyl (C=O) groups is 2. The van der Waals surface area contributed by atoms with E-state index in [9.17, 15) is 19.8 Å². The summed E-state index contributed by atoms with van der Waals surface area (Å²) in [6.45, 7) is 0.691. The Morgan fingerprint density at radius 1 is 1.24 bits per heavy atom. The normalized spacial score (nSPS) is 28.2. The number of nitrogens with zero attached hydrogens (tertiary/aromatic N) is 1. The van der Waals surface area contributed by atoms with Crippen molar-refractivity contribution in [2.75, 3.05) is 6.54 Å². The van der Waals surface area contributed by atoms with Crippen LogP contribution in [-0.2, 0) is 22.6 Å². The highest BCUT2D eigenvalue weighted by Crippen LogP contribution is 2.22. The monoisotopic (exact) mass is 290 g/mol. The lowest BCUT2D eigenvalue weighted by Crippen LogP contribution is -2.52. The van der Waals surface area contributed by atoms with Crippen molar-refractivity contribution in [3.63, 3.8) is 0 Å². The second kappa shape index (κ2) is 5.46. The molecule has 3 atom stereocenters. The van der Waals surface area contributed by atoms with Crippen molar-refractivity contribution in [2.24, 2.45) is 0 Å². The molecule has 0 radical (unpaired) electrons. The van der Waals surface area contributed by atoms with Crippen LogP contribution in [0.1, 0.15) is 17.5 Å². The zero-order valence-corrected chi connectivity index (χ0v) is 11.5. The van der Waals surface area contributed by atoms with Gasteiger partial charge in [-0.1, -0.05) is 24.3 Å². The molecule has 3 rings (SSSR count). The van der Waals surface area contributed by atoms with Crippen LogP contribution >= 0.6 is 0 Å². The summed E-state index contributed by atoms with van der Waals surface area (Å²) >= 11 is 0. The first-order valence-corrected chi connectivity index (χ1v) is 7.08. The highest BCUT2D eigenvalue weighted by atomic mass is 16.4. The Morgan fingerprint density at radius 3 is 2.67 bits per heavy atom. The molecule has 2 aliphatic rings. The van der Waals surface area contributed by atoms with E-state index in [0.717, 1.165) is 11.1 Å². The number of hydrogen-bond donors (Lipinski definition) is 3. The smallest absolute Gasteiger partial charge is 0.326 e. The first kappa shape index (κ1) is 14.0. The second-order valence-corrected chi connectivity index (χ2v) is 5.64. The Morgan fingerprint density at radius 2 is 1.95 bits per heavy atom. The molecular weight excluding hydrogens is 272 g/mol. The number of aliphatic hydroxyl groups is 1. The number of amides is 1. The van der Waals surface area contributed by atoms with Crippen LogP contribution in [0.4, 0.5) is 0 Å². The van der Waals surface area contributed by atoms with Gasteiger partial charge in [0.1, 0.15) is 6.04 Å². The lowest BCUT2D eigenvalue weighted by molar-refractivity contribution is -0.149. The van der Waals surface area contributed by atoms with Crippen molar-refractivity contribution in [3.05, 3.63) is 35.4 Å². The SMILES string of the molecule is O=C(O)[C@@H]1C[C@@H](O)CN1C(=O)[C@@H]1Cc2ccccc2CN1. The number of rotatable bonds is 2. The predicted molar refractivity (Wildman–Crippen MR) is 74.5 cm³/mol. The van der Waals surface area contributed by atoms with Gasteiger partial charge in [-0.2, -0.15) is 0 Å². The molecule has 112 valence electrons. The topological polar surface area (TPSA) is 89.9 Å². The summed E-state index contributed by atoms with van der Waals surface area (Å²) < 4.78 is 0. The highest BCUT2D eigenvalue weighted by molar-refractivity contribution is 5.88. The van der Waals surface area contributed by atoms with Gasteiger partial charge in [0.05, 0.1) is 12.1 Å². The molecule has 2 aliphatic heterocycles. The molecule has 1 amide bonds. The molecule has 0 spiro atoms. The molecule has 1 aromatic carbocycles. The van der Waals surface area contributed by atoms with Gasteiger partial charge in [0.25, 0.3) is 0 Å². The van der Waals surface area contributed by atoms with Crippen molar-refractivity contribution in [1.82, 2.24) is 10.2 Å². The molecule has 1 fully saturated rings. The molecule has 2 heterocycles. The fraction of sp³-hybridized carbons (Fsp3) is 0.467. The van der Waals surface area contributed by atoms with Gasteiger partial charge in [-0.05, 0) is 17.5 Å². The van der Waals surface area contributed by atoms with Crippen LogP contribution in [0.5, 0.6) is 0 Å². The number of carbonyl (C=O) groups excluding carboxylic acids is 1. The summed E-state index contributed by atoms with van der Waals surface area (Å²) in [5.41, 5.74) is 2.28. The van der Waals surface area contributed by atoms with E-state index in [-0.39, 0.29) is 18.9 Å². The molecule has 0 bridgehead atoms. The lowest BCUT2D eigenvalue weighted by atomic mass is 9.95. The van der Waals surface area contributed by atoms with Crippen LogP contribution in [0.25, 0.3) is 0 Å². The van der Waals surface area contributed by atoms with Crippen LogP contribution in [0.3, 0.4) is 0 Å². The third kappa shape index (κ3) is 2.64. The van der Waals surface area contributed by atoms with E-state index in [1.807, 2.05) is 24.3 Å². The van der Waals surface area contributed by atoms with E-state index < -0.39 is 24.2 Å². The maximum Gasteiger partial charge on any atom is 0.326 e. The lowest BCUT2D eigenvalue weighted by Gasteiger charge is -2.30. The predicted octanol–water partition coefficient (Wildman–Crippen LogP) is -0.253. The average Bonchev–Trinajstić information content (AvgIpc) is 2.88. The van der Waals surface area contributed by atoms with E-state index >= 15 is 0 Å². The molecule has 0 aliphatic carbocycles. The number of β-amino-alcohol motifs (C(OH)–C–C–N with tert-alkyl or cyclic N) is 1. The number of carboxylic acid groups (broad SMARTS) is 1. The molecule has 1 saturated heterocycles. The van der Waals surface area contributed by atoms with Crippen LogP contribution in [0.2, 0.25) is 0 Å². The molecule has 1 aromatic rings. The number of hydrogen-bond acceptors (Lipinski definition) is 4. The number of benzene rings is 1. The van der Waals surface area contributed by atoms with Gasteiger partial charge in [-0.15, -0.1) is 0 Å². The third-order valence-corrected chi connectivity index (χ3v) is 4.23. The molecule has 21 heavy (non-hydrogen) atoms. The summed E-state index contributed by atoms with van der Waals surface area (Å²) in [6, 6.07) is 6.55. The number of likely N-dealkylation sites (tertiary alicyclic amines) is 1.